The van der Waals surface area contributed by atoms with Crippen LogP contribution in [0.1, 0.15) is 0 Å². The van der Waals surface area contributed by atoms with Crippen molar-refractivity contribution in [1.29, 1.82) is 0 Å². The monoisotopic (exact) mass is 296 g/mol. The summed E-state index contributed by atoms with van der Waals surface area (Å²) < 4.78 is 24.9. The van der Waals surface area contributed by atoms with Gasteiger partial charge in [0.2, 0.25) is 9.84 Å². The quantitative estimate of drug-likeness (QED) is 0.745. The van der Waals surface area contributed by atoms with Crippen LogP contribution in [0.15, 0.2) is 82.8 Å². The Labute approximate surface area is 123 Å². The number of hydrogen-bond donors (Lipinski definition) is 0. The average Bonchev–Trinajstić information content (AvgIpc) is 2.57. The van der Waals surface area contributed by atoms with Gasteiger partial charge < -0.3 is 0 Å². The highest BCUT2D eigenvalue weighted by Gasteiger charge is 2.16. The fourth-order valence-electron chi connectivity index (χ4n) is 2.02. The highest BCUT2D eigenvalue weighted by molar-refractivity contribution is 7.91. The molecule has 0 amide bonds. The molecule has 0 radical (unpaired) electrons. The van der Waals surface area contributed by atoms with Crippen LogP contribution >= 0.6 is 0 Å². The summed E-state index contributed by atoms with van der Waals surface area (Å²) in [5.74, 6) is 0. The molecule has 2 aromatic carbocycles. The molecule has 21 heavy (non-hydrogen) atoms. The predicted molar refractivity (Wildman–Crippen MR) is 79.4 cm³/mol. The Balaban J connectivity index is 1.99. The lowest BCUT2D eigenvalue weighted by Gasteiger charge is -2.06. The van der Waals surface area contributed by atoms with Crippen molar-refractivity contribution in [3.63, 3.8) is 0 Å². The van der Waals surface area contributed by atoms with Crippen LogP contribution in [0.3, 0.4) is 0 Å². The minimum atomic E-state index is -3.47. The van der Waals surface area contributed by atoms with Gasteiger partial charge in [0.15, 0.2) is 0 Å². The van der Waals surface area contributed by atoms with Crippen molar-refractivity contribution in [2.75, 3.05) is 0 Å². The summed E-state index contributed by atoms with van der Waals surface area (Å²) in [5.41, 5.74) is 1.80. The van der Waals surface area contributed by atoms with Gasteiger partial charge in [0, 0.05) is 5.56 Å². The minimum absolute atomic E-state index is 0.277. The van der Waals surface area contributed by atoms with Crippen LogP contribution in [-0.4, -0.2) is 18.6 Å². The first-order valence-electron chi connectivity index (χ1n) is 6.35. The Kier molecular flexibility index (Phi) is 3.50. The van der Waals surface area contributed by atoms with Crippen LogP contribution in [-0.2, 0) is 9.84 Å². The molecule has 0 bridgehead atoms. The summed E-state index contributed by atoms with van der Waals surface area (Å²) in [4.78, 5) is 0.572. The van der Waals surface area contributed by atoms with E-state index in [0.29, 0.717) is 4.90 Å². The number of rotatable bonds is 3. The average molecular weight is 296 g/mol. The molecule has 0 spiro atoms. The fourth-order valence-corrected chi connectivity index (χ4v) is 3.31. The number of aromatic nitrogens is 2. The van der Waals surface area contributed by atoms with Crippen molar-refractivity contribution in [2.45, 2.75) is 9.79 Å². The van der Waals surface area contributed by atoms with Crippen molar-refractivity contribution in [3.8, 4) is 11.1 Å². The van der Waals surface area contributed by atoms with Gasteiger partial charge in [-0.3, -0.25) is 0 Å². The summed E-state index contributed by atoms with van der Waals surface area (Å²) in [6.45, 7) is 0. The molecule has 0 fully saturated rings. The highest BCUT2D eigenvalue weighted by atomic mass is 32.2. The Morgan fingerprint density at radius 3 is 1.95 bits per heavy atom. The highest BCUT2D eigenvalue weighted by Crippen LogP contribution is 2.24. The normalized spacial score (nSPS) is 11.2. The van der Waals surface area contributed by atoms with Crippen LogP contribution in [0.5, 0.6) is 0 Å². The van der Waals surface area contributed by atoms with Gasteiger partial charge in [0.1, 0.15) is 0 Å². The number of benzene rings is 2. The van der Waals surface area contributed by atoms with E-state index in [1.165, 1.54) is 0 Å². The Hall–Kier alpha value is -2.53. The first kappa shape index (κ1) is 13.5. The van der Waals surface area contributed by atoms with E-state index < -0.39 is 9.84 Å². The molecule has 5 heteroatoms. The van der Waals surface area contributed by atoms with Crippen LogP contribution in [0.4, 0.5) is 0 Å². The molecule has 1 aromatic heterocycles. The molecule has 104 valence electrons. The molecule has 0 aliphatic heterocycles. The molecule has 0 saturated carbocycles. The zero-order chi connectivity index (χ0) is 14.7. The Bertz CT molecular complexity index is 830. The second-order valence-corrected chi connectivity index (χ2v) is 6.42. The number of hydrogen-bond acceptors (Lipinski definition) is 4. The SMILES string of the molecule is O=S(=O)(c1ccccc1)c1ccc(-c2ccnnc2)cc1. The Morgan fingerprint density at radius 1 is 0.667 bits per heavy atom. The number of nitrogens with zero attached hydrogens (tertiary/aromatic N) is 2. The van der Waals surface area contributed by atoms with E-state index in [2.05, 4.69) is 10.2 Å². The van der Waals surface area contributed by atoms with Gasteiger partial charge >= 0.3 is 0 Å². The predicted octanol–water partition coefficient (Wildman–Crippen LogP) is 2.98. The van der Waals surface area contributed by atoms with E-state index >= 15 is 0 Å². The molecule has 4 nitrogen and oxygen atoms in total. The molecule has 3 rings (SSSR count). The number of sulfone groups is 1. The second-order valence-electron chi connectivity index (χ2n) is 4.47. The van der Waals surface area contributed by atoms with Gasteiger partial charge in [0.25, 0.3) is 0 Å². The summed E-state index contributed by atoms with van der Waals surface area (Å²) >= 11 is 0. The van der Waals surface area contributed by atoms with Gasteiger partial charge in [-0.2, -0.15) is 10.2 Å². The molecular formula is C16H12N2O2S. The third-order valence-corrected chi connectivity index (χ3v) is 4.92. The summed E-state index contributed by atoms with van der Waals surface area (Å²) in [6.07, 6.45) is 3.24. The largest absolute Gasteiger partial charge is 0.219 e. The molecule has 0 atom stereocenters. The van der Waals surface area contributed by atoms with Crippen molar-refractivity contribution in [2.24, 2.45) is 0 Å². The lowest BCUT2D eigenvalue weighted by atomic mass is 10.1. The summed E-state index contributed by atoms with van der Waals surface area (Å²) in [7, 11) is -3.47. The zero-order valence-corrected chi connectivity index (χ0v) is 11.9. The molecule has 0 aliphatic rings. The Morgan fingerprint density at radius 2 is 1.33 bits per heavy atom. The van der Waals surface area contributed by atoms with Gasteiger partial charge in [-0.1, -0.05) is 30.3 Å². The smallest absolute Gasteiger partial charge is 0.206 e. The first-order chi connectivity index (χ1) is 10.2. The van der Waals surface area contributed by atoms with Crippen molar-refractivity contribution >= 4 is 9.84 Å². The van der Waals surface area contributed by atoms with E-state index in [-0.39, 0.29) is 4.90 Å². The maximum absolute atomic E-state index is 12.5. The van der Waals surface area contributed by atoms with Crippen LogP contribution in [0.25, 0.3) is 11.1 Å². The summed E-state index contributed by atoms with van der Waals surface area (Å²) in [6, 6.07) is 17.0. The third-order valence-electron chi connectivity index (χ3n) is 3.14. The summed E-state index contributed by atoms with van der Waals surface area (Å²) in [5, 5.41) is 7.53. The molecule has 3 aromatic rings. The van der Waals surface area contributed by atoms with Gasteiger partial charge in [0.05, 0.1) is 22.2 Å². The lowest BCUT2D eigenvalue weighted by Crippen LogP contribution is -2.01. The maximum Gasteiger partial charge on any atom is 0.206 e. The van der Waals surface area contributed by atoms with Crippen molar-refractivity contribution < 1.29 is 8.42 Å². The minimum Gasteiger partial charge on any atom is -0.219 e. The maximum atomic E-state index is 12.5. The van der Waals surface area contributed by atoms with Crippen LogP contribution < -0.4 is 0 Å². The fraction of sp³-hybridized carbons (Fsp3) is 0. The van der Waals surface area contributed by atoms with E-state index in [0.717, 1.165) is 11.1 Å². The van der Waals surface area contributed by atoms with Crippen molar-refractivity contribution in [3.05, 3.63) is 73.1 Å². The first-order valence-corrected chi connectivity index (χ1v) is 7.83. The third kappa shape index (κ3) is 2.68. The van der Waals surface area contributed by atoms with E-state index in [1.807, 2.05) is 6.07 Å². The topological polar surface area (TPSA) is 59.9 Å². The second kappa shape index (κ2) is 5.46. The molecule has 1 heterocycles. The van der Waals surface area contributed by atoms with E-state index in [9.17, 15) is 8.42 Å². The molecule has 0 saturated heterocycles. The van der Waals surface area contributed by atoms with Gasteiger partial charge in [-0.15, -0.1) is 0 Å². The van der Waals surface area contributed by atoms with E-state index in [4.69, 9.17) is 0 Å². The van der Waals surface area contributed by atoms with Crippen LogP contribution in [0, 0.1) is 0 Å². The molecule has 0 unspecified atom stereocenters. The molecular weight excluding hydrogens is 284 g/mol. The molecule has 0 aliphatic carbocycles. The van der Waals surface area contributed by atoms with Gasteiger partial charge in [-0.25, -0.2) is 8.42 Å². The lowest BCUT2D eigenvalue weighted by molar-refractivity contribution is 0.596. The van der Waals surface area contributed by atoms with Gasteiger partial charge in [-0.05, 0) is 35.9 Å². The van der Waals surface area contributed by atoms with Crippen LogP contribution in [0.2, 0.25) is 0 Å². The zero-order valence-electron chi connectivity index (χ0n) is 11.0. The molecule has 0 N–H and O–H groups in total. The van der Waals surface area contributed by atoms with Crippen molar-refractivity contribution in [1.82, 2.24) is 10.2 Å². The van der Waals surface area contributed by atoms with E-state index in [1.54, 1.807) is 67.0 Å². The standard InChI is InChI=1S/C16H12N2O2S/c19-21(20,15-4-2-1-3-5-15)16-8-6-13(7-9-16)14-10-11-17-18-12-14/h1-12H.